The summed E-state index contributed by atoms with van der Waals surface area (Å²) in [4.78, 5) is 0. The summed E-state index contributed by atoms with van der Waals surface area (Å²) < 4.78 is 5.37. The van der Waals surface area contributed by atoms with E-state index < -0.39 is 0 Å². The van der Waals surface area contributed by atoms with Gasteiger partial charge in [0.1, 0.15) is 0 Å². The minimum Gasteiger partial charge on any atom is -0.377 e. The standard InChI is InChI=1S/C8H19NO2/c1-7(2)11-6-8(3,4)9(5)10/h7,10H,6H2,1-5H3. The van der Waals surface area contributed by atoms with Crippen molar-refractivity contribution >= 4 is 0 Å². The highest BCUT2D eigenvalue weighted by atomic mass is 16.5. The molecule has 0 bridgehead atoms. The average Bonchev–Trinajstić information content (AvgIpc) is 1.84. The van der Waals surface area contributed by atoms with Crippen LogP contribution in [0.15, 0.2) is 0 Å². The fraction of sp³-hybridized carbons (Fsp3) is 1.00. The van der Waals surface area contributed by atoms with Gasteiger partial charge in [-0.2, -0.15) is 5.06 Å². The second kappa shape index (κ2) is 4.04. The summed E-state index contributed by atoms with van der Waals surface area (Å²) in [5, 5.41) is 10.3. The lowest BCUT2D eigenvalue weighted by Gasteiger charge is -2.30. The van der Waals surface area contributed by atoms with Crippen LogP contribution in [0, 0.1) is 0 Å². The Bertz CT molecular complexity index is 111. The molecule has 0 saturated heterocycles. The van der Waals surface area contributed by atoms with E-state index in [1.165, 1.54) is 5.06 Å². The number of hydrogen-bond donors (Lipinski definition) is 1. The Labute approximate surface area is 68.9 Å². The molecule has 3 nitrogen and oxygen atoms in total. The SMILES string of the molecule is CC(C)OCC(C)(C)N(C)O. The maximum atomic E-state index is 9.15. The fourth-order valence-electron chi connectivity index (χ4n) is 0.464. The molecule has 0 amide bonds. The molecule has 0 aromatic rings. The first-order valence-corrected chi connectivity index (χ1v) is 3.90. The Kier molecular flexibility index (Phi) is 4.00. The Morgan fingerprint density at radius 3 is 2.18 bits per heavy atom. The second-order valence-electron chi connectivity index (χ2n) is 3.70. The largest absolute Gasteiger partial charge is 0.377 e. The van der Waals surface area contributed by atoms with Crippen LogP contribution in [0.5, 0.6) is 0 Å². The summed E-state index contributed by atoms with van der Waals surface area (Å²) in [5.74, 6) is 0. The molecule has 0 rings (SSSR count). The molecule has 0 aliphatic rings. The van der Waals surface area contributed by atoms with Crippen LogP contribution in [-0.4, -0.2) is 35.6 Å². The summed E-state index contributed by atoms with van der Waals surface area (Å²) in [6.45, 7) is 8.35. The van der Waals surface area contributed by atoms with Crippen LogP contribution in [-0.2, 0) is 4.74 Å². The minimum absolute atomic E-state index is 0.217. The van der Waals surface area contributed by atoms with Crippen LogP contribution in [0.3, 0.4) is 0 Å². The second-order valence-corrected chi connectivity index (χ2v) is 3.70. The third kappa shape index (κ3) is 4.35. The number of likely N-dealkylation sites (N-methyl/N-ethyl adjacent to an activating group) is 1. The molecule has 0 fully saturated rings. The molecular weight excluding hydrogens is 142 g/mol. The molecule has 68 valence electrons. The molecule has 0 radical (unpaired) electrons. The van der Waals surface area contributed by atoms with Crippen molar-refractivity contribution in [2.24, 2.45) is 0 Å². The van der Waals surface area contributed by atoms with Crippen LogP contribution in [0.4, 0.5) is 0 Å². The van der Waals surface area contributed by atoms with Crippen LogP contribution in [0.1, 0.15) is 27.7 Å². The van der Waals surface area contributed by atoms with Crippen molar-refractivity contribution in [1.29, 1.82) is 0 Å². The van der Waals surface area contributed by atoms with Crippen LogP contribution in [0.25, 0.3) is 0 Å². The first kappa shape index (κ1) is 10.9. The molecule has 0 aliphatic heterocycles. The predicted octanol–water partition coefficient (Wildman–Crippen LogP) is 1.51. The van der Waals surface area contributed by atoms with Gasteiger partial charge in [0.05, 0.1) is 18.2 Å². The molecular formula is C8H19NO2. The molecule has 0 heterocycles. The van der Waals surface area contributed by atoms with E-state index in [0.717, 1.165) is 0 Å². The molecule has 0 aromatic heterocycles. The van der Waals surface area contributed by atoms with Gasteiger partial charge in [-0.25, -0.2) is 0 Å². The molecule has 0 saturated carbocycles. The summed E-state index contributed by atoms with van der Waals surface area (Å²) in [5.41, 5.74) is -0.301. The number of rotatable bonds is 4. The van der Waals surface area contributed by atoms with E-state index in [0.29, 0.717) is 6.61 Å². The average molecular weight is 161 g/mol. The first-order valence-electron chi connectivity index (χ1n) is 3.90. The lowest BCUT2D eigenvalue weighted by atomic mass is 10.1. The number of hydroxylamine groups is 2. The molecule has 1 N–H and O–H groups in total. The minimum atomic E-state index is -0.301. The number of nitrogens with zero attached hydrogens (tertiary/aromatic N) is 1. The summed E-state index contributed by atoms with van der Waals surface area (Å²) in [7, 11) is 1.63. The Balaban J connectivity index is 3.73. The lowest BCUT2D eigenvalue weighted by Crippen LogP contribution is -2.43. The van der Waals surface area contributed by atoms with E-state index in [1.54, 1.807) is 7.05 Å². The van der Waals surface area contributed by atoms with Crippen molar-refractivity contribution in [3.8, 4) is 0 Å². The van der Waals surface area contributed by atoms with E-state index >= 15 is 0 Å². The van der Waals surface area contributed by atoms with E-state index in [1.807, 2.05) is 27.7 Å². The Hall–Kier alpha value is -0.120. The maximum Gasteiger partial charge on any atom is 0.0671 e. The van der Waals surface area contributed by atoms with Crippen LogP contribution < -0.4 is 0 Å². The zero-order valence-electron chi connectivity index (χ0n) is 8.09. The van der Waals surface area contributed by atoms with Gasteiger partial charge in [0.2, 0.25) is 0 Å². The van der Waals surface area contributed by atoms with Crippen molar-refractivity contribution in [2.45, 2.75) is 39.3 Å². The predicted molar refractivity (Wildman–Crippen MR) is 44.7 cm³/mol. The molecule has 0 aliphatic carbocycles. The normalized spacial score (nSPS) is 13.1. The van der Waals surface area contributed by atoms with Gasteiger partial charge < -0.3 is 9.94 Å². The molecule has 0 spiro atoms. The van der Waals surface area contributed by atoms with Crippen LogP contribution >= 0.6 is 0 Å². The van der Waals surface area contributed by atoms with Gasteiger partial charge in [-0.05, 0) is 27.7 Å². The van der Waals surface area contributed by atoms with Gasteiger partial charge in [-0.15, -0.1) is 0 Å². The molecule has 11 heavy (non-hydrogen) atoms. The maximum absolute atomic E-state index is 9.15. The van der Waals surface area contributed by atoms with E-state index in [4.69, 9.17) is 9.94 Å². The first-order chi connectivity index (χ1) is 4.86. The van der Waals surface area contributed by atoms with Gasteiger partial charge in [0.25, 0.3) is 0 Å². The monoisotopic (exact) mass is 161 g/mol. The fourth-order valence-corrected chi connectivity index (χ4v) is 0.464. The van der Waals surface area contributed by atoms with Crippen molar-refractivity contribution in [2.75, 3.05) is 13.7 Å². The van der Waals surface area contributed by atoms with Crippen LogP contribution in [0.2, 0.25) is 0 Å². The molecule has 0 atom stereocenters. The zero-order valence-corrected chi connectivity index (χ0v) is 8.09. The van der Waals surface area contributed by atoms with Crippen molar-refractivity contribution in [1.82, 2.24) is 5.06 Å². The van der Waals surface area contributed by atoms with E-state index in [9.17, 15) is 0 Å². The molecule has 3 heteroatoms. The van der Waals surface area contributed by atoms with Gasteiger partial charge >= 0.3 is 0 Å². The van der Waals surface area contributed by atoms with Crippen molar-refractivity contribution < 1.29 is 9.94 Å². The van der Waals surface area contributed by atoms with Crippen molar-refractivity contribution in [3.05, 3.63) is 0 Å². The molecule has 0 unspecified atom stereocenters. The number of ether oxygens (including phenoxy) is 1. The third-order valence-corrected chi connectivity index (χ3v) is 1.65. The molecule has 0 aromatic carbocycles. The summed E-state index contributed by atoms with van der Waals surface area (Å²) in [6, 6.07) is 0. The summed E-state index contributed by atoms with van der Waals surface area (Å²) >= 11 is 0. The zero-order chi connectivity index (χ0) is 9.07. The van der Waals surface area contributed by atoms with Crippen molar-refractivity contribution in [3.63, 3.8) is 0 Å². The number of hydrogen-bond acceptors (Lipinski definition) is 3. The highest BCUT2D eigenvalue weighted by Crippen LogP contribution is 2.10. The summed E-state index contributed by atoms with van der Waals surface area (Å²) in [6.07, 6.45) is 0.217. The van der Waals surface area contributed by atoms with Gasteiger partial charge in [0, 0.05) is 7.05 Å². The highest BCUT2D eigenvalue weighted by Gasteiger charge is 2.22. The van der Waals surface area contributed by atoms with E-state index in [-0.39, 0.29) is 11.6 Å². The quantitative estimate of drug-likeness (QED) is 0.634. The lowest BCUT2D eigenvalue weighted by molar-refractivity contribution is -0.164. The van der Waals surface area contributed by atoms with E-state index in [2.05, 4.69) is 0 Å². The van der Waals surface area contributed by atoms with Gasteiger partial charge in [-0.3, -0.25) is 0 Å². The van der Waals surface area contributed by atoms with Gasteiger partial charge in [0.15, 0.2) is 0 Å². The highest BCUT2D eigenvalue weighted by molar-refractivity contribution is 4.73. The Morgan fingerprint density at radius 2 is 1.91 bits per heavy atom. The van der Waals surface area contributed by atoms with Gasteiger partial charge in [-0.1, -0.05) is 0 Å². The Morgan fingerprint density at radius 1 is 1.45 bits per heavy atom. The third-order valence-electron chi connectivity index (χ3n) is 1.65. The topological polar surface area (TPSA) is 32.7 Å². The smallest absolute Gasteiger partial charge is 0.0671 e.